The Morgan fingerprint density at radius 1 is 2.00 bits per heavy atom. The van der Waals surface area contributed by atoms with Gasteiger partial charge in [0.25, 0.3) is 0 Å². The molecular weight excluding hydrogens is 93.1 g/mol. The van der Waals surface area contributed by atoms with Gasteiger partial charge in [-0.2, -0.15) is 5.26 Å². The van der Waals surface area contributed by atoms with Crippen LogP contribution in [-0.2, 0) is 0 Å². The molecule has 0 heterocycles. The Hall–Kier alpha value is -0.840. The molecule has 0 fully saturated rings. The number of halogens is 1. The first kappa shape index (κ1) is 6.16. The highest BCUT2D eigenvalue weighted by Gasteiger charge is 1.96. The Morgan fingerprint density at radius 2 is 2.57 bits per heavy atom. The van der Waals surface area contributed by atoms with Gasteiger partial charge in [0, 0.05) is 6.42 Å². The van der Waals surface area contributed by atoms with E-state index < -0.39 is 6.17 Å². The zero-order valence-electron chi connectivity index (χ0n) is 3.89. The fourth-order valence-corrected chi connectivity index (χ4v) is 0.199. The molecule has 0 radical (unpaired) electrons. The summed E-state index contributed by atoms with van der Waals surface area (Å²) >= 11 is 0. The molecule has 1 atom stereocenters. The summed E-state index contributed by atoms with van der Waals surface area (Å²) in [6.45, 7) is 3.26. The van der Waals surface area contributed by atoms with E-state index in [0.717, 1.165) is 0 Å². The van der Waals surface area contributed by atoms with E-state index in [1.54, 1.807) is 0 Å². The van der Waals surface area contributed by atoms with Crippen LogP contribution in [0.4, 0.5) is 4.39 Å². The van der Waals surface area contributed by atoms with Crippen molar-refractivity contribution in [1.82, 2.24) is 0 Å². The van der Waals surface area contributed by atoms with Gasteiger partial charge in [-0.15, -0.1) is 6.58 Å². The first-order valence-corrected chi connectivity index (χ1v) is 1.96. The van der Waals surface area contributed by atoms with Crippen LogP contribution in [-0.4, -0.2) is 6.17 Å². The number of alkyl halides is 1. The van der Waals surface area contributed by atoms with E-state index in [2.05, 4.69) is 6.58 Å². The second kappa shape index (κ2) is 3.35. The van der Waals surface area contributed by atoms with Gasteiger partial charge in [0.2, 0.25) is 0 Å². The highest BCUT2D eigenvalue weighted by Crippen LogP contribution is 1.93. The Balaban J connectivity index is 3.21. The van der Waals surface area contributed by atoms with Crippen molar-refractivity contribution in [2.24, 2.45) is 0 Å². The van der Waals surface area contributed by atoms with Gasteiger partial charge in [0.05, 0.1) is 0 Å². The van der Waals surface area contributed by atoms with Crippen molar-refractivity contribution in [3.63, 3.8) is 0 Å². The molecular formula is C5H6FN. The predicted molar refractivity (Wildman–Crippen MR) is 25.3 cm³/mol. The first-order chi connectivity index (χ1) is 3.31. The molecule has 1 nitrogen and oxygen atoms in total. The van der Waals surface area contributed by atoms with Crippen LogP contribution in [0.25, 0.3) is 0 Å². The number of hydrogen-bond donors (Lipinski definition) is 0. The molecule has 0 aliphatic carbocycles. The Bertz CT molecular complexity index is 92.7. The summed E-state index contributed by atoms with van der Waals surface area (Å²) in [4.78, 5) is 0. The lowest BCUT2D eigenvalue weighted by molar-refractivity contribution is 0.413. The zero-order valence-corrected chi connectivity index (χ0v) is 3.89. The summed E-state index contributed by atoms with van der Waals surface area (Å²) in [6, 6.07) is 1.43. The minimum absolute atomic E-state index is 0.135. The van der Waals surface area contributed by atoms with Crippen molar-refractivity contribution < 1.29 is 4.39 Å². The summed E-state index contributed by atoms with van der Waals surface area (Å²) in [5, 5.41) is 7.79. The van der Waals surface area contributed by atoms with Crippen LogP contribution in [0.2, 0.25) is 0 Å². The highest BCUT2D eigenvalue weighted by atomic mass is 19.1. The molecule has 0 rings (SSSR count). The molecule has 0 N–H and O–H groups in total. The number of nitriles is 1. The van der Waals surface area contributed by atoms with E-state index in [-0.39, 0.29) is 6.42 Å². The van der Waals surface area contributed by atoms with Gasteiger partial charge < -0.3 is 0 Å². The molecule has 0 aromatic carbocycles. The number of rotatable bonds is 2. The highest BCUT2D eigenvalue weighted by molar-refractivity contribution is 4.87. The van der Waals surface area contributed by atoms with Gasteiger partial charge in [-0.05, 0) is 0 Å². The molecule has 0 amide bonds. The van der Waals surface area contributed by atoms with E-state index in [1.165, 1.54) is 12.1 Å². The van der Waals surface area contributed by atoms with Crippen LogP contribution in [0.15, 0.2) is 12.7 Å². The molecule has 0 aromatic heterocycles. The third kappa shape index (κ3) is 2.98. The Morgan fingerprint density at radius 3 is 2.71 bits per heavy atom. The van der Waals surface area contributed by atoms with Crippen LogP contribution in [0.3, 0.4) is 0 Å². The lowest BCUT2D eigenvalue weighted by Crippen LogP contribution is -1.89. The molecule has 0 aromatic rings. The molecule has 2 heteroatoms. The van der Waals surface area contributed by atoms with E-state index in [1.807, 2.05) is 0 Å². The average Bonchev–Trinajstić information content (AvgIpc) is 1.68. The number of hydrogen-bond acceptors (Lipinski definition) is 1. The van der Waals surface area contributed by atoms with Crippen LogP contribution >= 0.6 is 0 Å². The largest absolute Gasteiger partial charge is 0.231 e. The topological polar surface area (TPSA) is 23.8 Å². The van der Waals surface area contributed by atoms with Gasteiger partial charge in [0.1, 0.15) is 6.07 Å². The van der Waals surface area contributed by atoms with E-state index in [0.29, 0.717) is 0 Å². The van der Waals surface area contributed by atoms with Gasteiger partial charge in [-0.25, -0.2) is 4.39 Å². The minimum Gasteiger partial charge on any atom is -0.231 e. The average molecular weight is 99.1 g/mol. The fourth-order valence-electron chi connectivity index (χ4n) is 0.199. The van der Waals surface area contributed by atoms with Crippen LogP contribution in [0.5, 0.6) is 0 Å². The van der Waals surface area contributed by atoms with Crippen molar-refractivity contribution in [3.8, 4) is 6.07 Å². The molecule has 0 aliphatic rings. The van der Waals surface area contributed by atoms with Crippen LogP contribution < -0.4 is 0 Å². The van der Waals surface area contributed by atoms with Crippen LogP contribution in [0, 0.1) is 11.3 Å². The van der Waals surface area contributed by atoms with E-state index >= 15 is 0 Å². The van der Waals surface area contributed by atoms with Crippen molar-refractivity contribution in [3.05, 3.63) is 12.7 Å². The van der Waals surface area contributed by atoms with Crippen molar-refractivity contribution in [1.29, 1.82) is 5.26 Å². The lowest BCUT2D eigenvalue weighted by Gasteiger charge is -1.85. The second-order valence-corrected chi connectivity index (χ2v) is 1.12. The minimum atomic E-state index is -1.36. The van der Waals surface area contributed by atoms with E-state index in [9.17, 15) is 4.39 Å². The fraction of sp³-hybridized carbons (Fsp3) is 0.400. The summed E-state index contributed by atoms with van der Waals surface area (Å²) in [5.41, 5.74) is 0. The van der Waals surface area contributed by atoms with Crippen molar-refractivity contribution in [2.45, 2.75) is 12.6 Å². The number of nitrogens with zero attached hydrogens (tertiary/aromatic N) is 1. The Kier molecular flexibility index (Phi) is 2.95. The maximum atomic E-state index is 11.7. The molecule has 38 valence electrons. The van der Waals surface area contributed by atoms with Crippen LogP contribution in [0.1, 0.15) is 6.42 Å². The predicted octanol–water partition coefficient (Wildman–Crippen LogP) is 1.42. The van der Waals surface area contributed by atoms with Crippen molar-refractivity contribution in [2.75, 3.05) is 0 Å². The third-order valence-electron chi connectivity index (χ3n) is 0.514. The molecule has 1 unspecified atom stereocenters. The summed E-state index contributed by atoms with van der Waals surface area (Å²) < 4.78 is 11.7. The normalized spacial score (nSPS) is 12.0. The van der Waals surface area contributed by atoms with E-state index in [4.69, 9.17) is 5.26 Å². The van der Waals surface area contributed by atoms with Gasteiger partial charge >= 0.3 is 0 Å². The molecule has 7 heavy (non-hydrogen) atoms. The zero-order chi connectivity index (χ0) is 5.70. The number of allylic oxidation sites excluding steroid dienone is 1. The lowest BCUT2D eigenvalue weighted by atomic mass is 10.3. The summed E-state index contributed by atoms with van der Waals surface area (Å²) in [5.74, 6) is 0. The SMILES string of the molecule is C=CCC(F)C#N. The van der Waals surface area contributed by atoms with Crippen molar-refractivity contribution >= 4 is 0 Å². The Labute approximate surface area is 42.1 Å². The van der Waals surface area contributed by atoms with Gasteiger partial charge in [-0.1, -0.05) is 6.08 Å². The maximum absolute atomic E-state index is 11.7. The summed E-state index contributed by atoms with van der Waals surface area (Å²) in [7, 11) is 0. The maximum Gasteiger partial charge on any atom is 0.189 e. The van der Waals surface area contributed by atoms with Gasteiger partial charge in [-0.3, -0.25) is 0 Å². The monoisotopic (exact) mass is 99.0 g/mol. The molecule has 0 saturated heterocycles. The molecule has 0 bridgehead atoms. The quantitative estimate of drug-likeness (QED) is 0.480. The molecule has 0 spiro atoms. The third-order valence-corrected chi connectivity index (χ3v) is 0.514. The first-order valence-electron chi connectivity index (χ1n) is 1.96. The summed E-state index contributed by atoms with van der Waals surface area (Å²) in [6.07, 6.45) is 0.155. The second-order valence-electron chi connectivity index (χ2n) is 1.12. The molecule has 0 saturated carbocycles. The molecule has 0 aliphatic heterocycles. The standard InChI is InChI=1S/C5H6FN/c1-2-3-5(6)4-7/h2,5H,1,3H2. The van der Waals surface area contributed by atoms with Gasteiger partial charge in [0.15, 0.2) is 6.17 Å². The smallest absolute Gasteiger partial charge is 0.189 e.